The molecule has 0 saturated heterocycles. The van der Waals surface area contributed by atoms with Gasteiger partial charge in [0.25, 0.3) is 5.56 Å². The van der Waals surface area contributed by atoms with Crippen LogP contribution in [0.2, 0.25) is 0 Å². The highest BCUT2D eigenvalue weighted by molar-refractivity contribution is 7.99. The lowest BCUT2D eigenvalue weighted by Crippen LogP contribution is -2.34. The van der Waals surface area contributed by atoms with Crippen molar-refractivity contribution in [1.29, 1.82) is 0 Å². The molecule has 0 aliphatic heterocycles. The Morgan fingerprint density at radius 2 is 2.16 bits per heavy atom. The smallest absolute Gasteiger partial charge is 0.331 e. The van der Waals surface area contributed by atoms with Gasteiger partial charge in [-0.3, -0.25) is 14.3 Å². The van der Waals surface area contributed by atoms with E-state index in [2.05, 4.69) is 11.2 Å². The van der Waals surface area contributed by atoms with Crippen molar-refractivity contribution in [2.75, 3.05) is 6.26 Å². The number of hydrogen-bond donors (Lipinski definition) is 2. The minimum Gasteiger partial charge on any atom is -0.494 e. The molecule has 2 atom stereocenters. The van der Waals surface area contributed by atoms with E-state index in [1.807, 2.05) is 6.92 Å². The molecule has 1 aliphatic carbocycles. The topological polar surface area (TPSA) is 75.1 Å². The molecule has 0 bridgehead atoms. The highest BCUT2D eigenvalue weighted by Gasteiger charge is 2.29. The molecule has 0 radical (unpaired) electrons. The van der Waals surface area contributed by atoms with E-state index in [-0.39, 0.29) is 11.9 Å². The van der Waals surface area contributed by atoms with Gasteiger partial charge >= 0.3 is 5.69 Å². The highest BCUT2D eigenvalue weighted by Crippen LogP contribution is 2.37. The highest BCUT2D eigenvalue weighted by atomic mass is 32.2. The lowest BCUT2D eigenvalue weighted by molar-refractivity contribution is 0.357. The van der Waals surface area contributed by atoms with Crippen molar-refractivity contribution in [1.82, 2.24) is 9.55 Å². The summed E-state index contributed by atoms with van der Waals surface area (Å²) in [4.78, 5) is 26.0. The molecule has 1 aromatic heterocycles. The van der Waals surface area contributed by atoms with E-state index in [1.165, 1.54) is 4.57 Å². The number of aromatic hydroxyl groups is 1. The van der Waals surface area contributed by atoms with Gasteiger partial charge in [0, 0.05) is 11.3 Å². The lowest BCUT2D eigenvalue weighted by atomic mass is 10.1. The molecule has 2 unspecified atom stereocenters. The van der Waals surface area contributed by atoms with Gasteiger partial charge in [-0.1, -0.05) is 13.3 Å². The fraction of sp³-hybridized carbons (Fsp3) is 0.692. The minimum atomic E-state index is -0.492. The number of thioether (sulfide) groups is 1. The van der Waals surface area contributed by atoms with Gasteiger partial charge in [0.15, 0.2) is 0 Å². The second-order valence-corrected chi connectivity index (χ2v) is 6.14. The van der Waals surface area contributed by atoms with Crippen LogP contribution >= 0.6 is 11.8 Å². The SMILES string of the molecule is CCCc1c(O)n(C2CCC(SC)C2)c(=O)[nH]c1=O. The lowest BCUT2D eigenvalue weighted by Gasteiger charge is -2.17. The largest absolute Gasteiger partial charge is 0.494 e. The van der Waals surface area contributed by atoms with Crippen molar-refractivity contribution in [3.8, 4) is 5.88 Å². The standard InChI is InChI=1S/C13H20N2O3S/c1-3-4-10-11(16)14-13(18)15(12(10)17)8-5-6-9(7-8)19-2/h8-9,17H,3-7H2,1-2H3,(H,14,16,18). The maximum Gasteiger partial charge on any atom is 0.331 e. The number of H-pyrrole nitrogens is 1. The summed E-state index contributed by atoms with van der Waals surface area (Å²) in [5, 5.41) is 10.8. The Labute approximate surface area is 116 Å². The maximum absolute atomic E-state index is 11.9. The molecule has 1 aromatic rings. The Hall–Kier alpha value is -1.17. The summed E-state index contributed by atoms with van der Waals surface area (Å²) in [7, 11) is 0. The van der Waals surface area contributed by atoms with Crippen molar-refractivity contribution in [3.63, 3.8) is 0 Å². The molecule has 0 aromatic carbocycles. The first-order valence-corrected chi connectivity index (χ1v) is 7.96. The van der Waals surface area contributed by atoms with Gasteiger partial charge in [-0.25, -0.2) is 4.79 Å². The summed E-state index contributed by atoms with van der Waals surface area (Å²) >= 11 is 1.79. The van der Waals surface area contributed by atoms with Gasteiger partial charge in [0.05, 0.1) is 5.56 Å². The van der Waals surface area contributed by atoms with E-state index in [1.54, 1.807) is 11.8 Å². The summed E-state index contributed by atoms with van der Waals surface area (Å²) in [5.74, 6) is -0.137. The van der Waals surface area contributed by atoms with Crippen LogP contribution in [0.25, 0.3) is 0 Å². The molecule has 2 N–H and O–H groups in total. The van der Waals surface area contributed by atoms with Crippen LogP contribution in [-0.2, 0) is 6.42 Å². The van der Waals surface area contributed by atoms with Crippen LogP contribution in [0.3, 0.4) is 0 Å². The molecule has 2 rings (SSSR count). The Kier molecular flexibility index (Phi) is 4.39. The van der Waals surface area contributed by atoms with E-state index in [0.717, 1.165) is 25.7 Å². The fourth-order valence-corrected chi connectivity index (χ4v) is 3.54. The Balaban J connectivity index is 2.43. The number of nitrogens with one attached hydrogen (secondary N) is 1. The first-order chi connectivity index (χ1) is 9.08. The van der Waals surface area contributed by atoms with E-state index < -0.39 is 11.2 Å². The molecule has 0 spiro atoms. The molecule has 1 aliphatic rings. The average molecular weight is 284 g/mol. The second kappa shape index (κ2) is 5.86. The monoisotopic (exact) mass is 284 g/mol. The zero-order valence-corrected chi connectivity index (χ0v) is 12.1. The molecule has 1 fully saturated rings. The van der Waals surface area contributed by atoms with Crippen molar-refractivity contribution in [2.24, 2.45) is 0 Å². The van der Waals surface area contributed by atoms with Gasteiger partial charge in [-0.2, -0.15) is 11.8 Å². The predicted octanol–water partition coefficient (Wildman–Crippen LogP) is 1.65. The summed E-state index contributed by atoms with van der Waals surface area (Å²) in [6.45, 7) is 1.94. The van der Waals surface area contributed by atoms with Gasteiger partial charge in [0.2, 0.25) is 5.88 Å². The van der Waals surface area contributed by atoms with Gasteiger partial charge in [0.1, 0.15) is 0 Å². The van der Waals surface area contributed by atoms with Gasteiger partial charge in [-0.15, -0.1) is 0 Å². The van der Waals surface area contributed by atoms with Gasteiger partial charge < -0.3 is 5.11 Å². The van der Waals surface area contributed by atoms with Gasteiger partial charge in [-0.05, 0) is 31.9 Å². The fourth-order valence-electron chi connectivity index (χ4n) is 2.76. The molecular formula is C13H20N2O3S. The Morgan fingerprint density at radius 3 is 2.74 bits per heavy atom. The molecule has 0 amide bonds. The summed E-state index contributed by atoms with van der Waals surface area (Å²) in [6, 6.07) is -0.00240. The van der Waals surface area contributed by atoms with Crippen molar-refractivity contribution in [2.45, 2.75) is 50.3 Å². The Bertz CT molecular complexity index is 564. The summed E-state index contributed by atoms with van der Waals surface area (Å²) in [5.41, 5.74) is -0.621. The third-order valence-electron chi connectivity index (χ3n) is 3.77. The predicted molar refractivity (Wildman–Crippen MR) is 77.2 cm³/mol. The zero-order chi connectivity index (χ0) is 14.0. The number of aromatic amines is 1. The van der Waals surface area contributed by atoms with Crippen molar-refractivity contribution < 1.29 is 5.11 Å². The number of hydrogen-bond acceptors (Lipinski definition) is 4. The minimum absolute atomic E-state index is 0.00240. The van der Waals surface area contributed by atoms with Crippen LogP contribution in [0.1, 0.15) is 44.2 Å². The van der Waals surface area contributed by atoms with E-state index in [0.29, 0.717) is 17.2 Å². The van der Waals surface area contributed by atoms with Crippen LogP contribution in [0.4, 0.5) is 0 Å². The molecule has 1 heterocycles. The maximum atomic E-state index is 11.9. The van der Waals surface area contributed by atoms with Crippen LogP contribution in [0.5, 0.6) is 5.88 Å². The van der Waals surface area contributed by atoms with Crippen molar-refractivity contribution >= 4 is 11.8 Å². The number of rotatable bonds is 4. The zero-order valence-electron chi connectivity index (χ0n) is 11.3. The molecule has 1 saturated carbocycles. The van der Waals surface area contributed by atoms with Crippen LogP contribution in [0.15, 0.2) is 9.59 Å². The molecule has 6 heteroatoms. The molecule has 19 heavy (non-hydrogen) atoms. The number of nitrogens with zero attached hydrogens (tertiary/aromatic N) is 1. The second-order valence-electron chi connectivity index (χ2n) is 5.01. The van der Waals surface area contributed by atoms with E-state index in [4.69, 9.17) is 0 Å². The van der Waals surface area contributed by atoms with E-state index in [9.17, 15) is 14.7 Å². The van der Waals surface area contributed by atoms with Crippen LogP contribution < -0.4 is 11.2 Å². The van der Waals surface area contributed by atoms with Crippen molar-refractivity contribution in [3.05, 3.63) is 26.4 Å². The average Bonchev–Trinajstić information content (AvgIpc) is 2.83. The summed E-state index contributed by atoms with van der Waals surface area (Å²) in [6.07, 6.45) is 6.08. The van der Waals surface area contributed by atoms with Crippen LogP contribution in [-0.4, -0.2) is 26.2 Å². The van der Waals surface area contributed by atoms with E-state index >= 15 is 0 Å². The number of aromatic nitrogens is 2. The summed E-state index contributed by atoms with van der Waals surface area (Å²) < 4.78 is 1.38. The molecule has 106 valence electrons. The molecular weight excluding hydrogens is 264 g/mol. The first-order valence-electron chi connectivity index (χ1n) is 6.67. The quantitative estimate of drug-likeness (QED) is 0.881. The molecule has 5 nitrogen and oxygen atoms in total. The van der Waals surface area contributed by atoms with Crippen LogP contribution in [0, 0.1) is 0 Å². The third kappa shape index (κ3) is 2.73. The Morgan fingerprint density at radius 1 is 1.42 bits per heavy atom. The third-order valence-corrected chi connectivity index (χ3v) is 4.86. The first kappa shape index (κ1) is 14.2. The normalized spacial score (nSPS) is 22.8.